The van der Waals surface area contributed by atoms with Gasteiger partial charge in [0.25, 0.3) is 0 Å². The molecule has 0 spiro atoms. The third kappa shape index (κ3) is 4.37. The highest BCUT2D eigenvalue weighted by Crippen LogP contribution is 2.34. The molecule has 0 N–H and O–H groups in total. The lowest BCUT2D eigenvalue weighted by Gasteiger charge is -2.39. The maximum atomic E-state index is 13.6. The Kier molecular flexibility index (Phi) is 6.41. The van der Waals surface area contributed by atoms with Crippen molar-refractivity contribution in [1.29, 1.82) is 0 Å². The molecule has 0 bridgehead atoms. The van der Waals surface area contributed by atoms with E-state index in [1.54, 1.807) is 13.2 Å². The second-order valence-corrected chi connectivity index (χ2v) is 7.62. The molecular weight excluding hydrogens is 377 g/mol. The molecule has 0 aliphatic carbocycles. The number of halogens is 1. The molecule has 156 valence electrons. The van der Waals surface area contributed by atoms with Gasteiger partial charge in [0.15, 0.2) is 0 Å². The van der Waals surface area contributed by atoms with Crippen LogP contribution in [0.4, 0.5) is 4.39 Å². The number of rotatable bonds is 6. The molecule has 1 aromatic heterocycles. The third-order valence-corrected chi connectivity index (χ3v) is 5.94. The van der Waals surface area contributed by atoms with E-state index in [1.165, 1.54) is 23.3 Å². The molecule has 5 heteroatoms. The summed E-state index contributed by atoms with van der Waals surface area (Å²) in [6.07, 6.45) is 3.73. The number of aromatic nitrogens is 1. The first-order chi connectivity index (χ1) is 14.7. The van der Waals surface area contributed by atoms with Crippen LogP contribution in [0.15, 0.2) is 67.0 Å². The quantitative estimate of drug-likeness (QED) is 0.598. The van der Waals surface area contributed by atoms with Crippen LogP contribution < -0.4 is 4.74 Å². The number of piperazine rings is 1. The van der Waals surface area contributed by atoms with Crippen LogP contribution >= 0.6 is 0 Å². The van der Waals surface area contributed by atoms with E-state index >= 15 is 0 Å². The van der Waals surface area contributed by atoms with E-state index in [4.69, 9.17) is 4.74 Å². The standard InChI is InChI=1S/C25H28FN3O/c1-3-28-14-16-29(17-15-28)25(21-10-12-27-13-11-21)20-6-4-19(5-7-20)23-9-8-22(26)18-24(23)30-2/h4-13,18,25H,3,14-17H2,1-2H3/t25-/m1/s1. The van der Waals surface area contributed by atoms with Crippen molar-refractivity contribution in [2.75, 3.05) is 39.8 Å². The van der Waals surface area contributed by atoms with Crippen molar-refractivity contribution in [3.05, 3.63) is 83.9 Å². The van der Waals surface area contributed by atoms with E-state index in [0.29, 0.717) is 5.75 Å². The largest absolute Gasteiger partial charge is 0.496 e. The Morgan fingerprint density at radius 3 is 2.23 bits per heavy atom. The molecule has 1 fully saturated rings. The topological polar surface area (TPSA) is 28.6 Å². The van der Waals surface area contributed by atoms with Gasteiger partial charge in [0, 0.05) is 50.2 Å². The van der Waals surface area contributed by atoms with Crippen molar-refractivity contribution in [3.8, 4) is 16.9 Å². The van der Waals surface area contributed by atoms with Crippen molar-refractivity contribution in [3.63, 3.8) is 0 Å². The maximum Gasteiger partial charge on any atom is 0.129 e. The van der Waals surface area contributed by atoms with E-state index in [9.17, 15) is 4.39 Å². The third-order valence-electron chi connectivity index (χ3n) is 5.94. The van der Waals surface area contributed by atoms with Gasteiger partial charge in [-0.1, -0.05) is 31.2 Å². The minimum absolute atomic E-state index is 0.191. The number of pyridine rings is 1. The lowest BCUT2D eigenvalue weighted by Crippen LogP contribution is -2.47. The number of benzene rings is 2. The first-order valence-electron chi connectivity index (χ1n) is 10.5. The molecule has 2 aromatic carbocycles. The summed E-state index contributed by atoms with van der Waals surface area (Å²) in [7, 11) is 1.57. The van der Waals surface area contributed by atoms with E-state index < -0.39 is 0 Å². The summed E-state index contributed by atoms with van der Waals surface area (Å²) in [4.78, 5) is 9.24. The van der Waals surface area contributed by atoms with Gasteiger partial charge in [0.2, 0.25) is 0 Å². The van der Waals surface area contributed by atoms with Gasteiger partial charge in [-0.3, -0.25) is 9.88 Å². The Hall–Kier alpha value is -2.76. The van der Waals surface area contributed by atoms with E-state index in [1.807, 2.05) is 12.4 Å². The summed E-state index contributed by atoms with van der Waals surface area (Å²) < 4.78 is 19.0. The number of nitrogens with zero attached hydrogens (tertiary/aromatic N) is 3. The average molecular weight is 406 g/mol. The first kappa shape index (κ1) is 20.5. The van der Waals surface area contributed by atoms with Crippen LogP contribution in [0.3, 0.4) is 0 Å². The number of methoxy groups -OCH3 is 1. The van der Waals surface area contributed by atoms with E-state index in [-0.39, 0.29) is 11.9 Å². The second kappa shape index (κ2) is 9.37. The summed E-state index contributed by atoms with van der Waals surface area (Å²) >= 11 is 0. The van der Waals surface area contributed by atoms with Crippen LogP contribution in [-0.4, -0.2) is 54.6 Å². The summed E-state index contributed by atoms with van der Waals surface area (Å²) in [5.41, 5.74) is 4.40. The van der Waals surface area contributed by atoms with Gasteiger partial charge in [-0.05, 0) is 47.5 Å². The van der Waals surface area contributed by atoms with Gasteiger partial charge >= 0.3 is 0 Å². The van der Waals surface area contributed by atoms with Crippen LogP contribution in [0.2, 0.25) is 0 Å². The number of likely N-dealkylation sites (N-methyl/N-ethyl adjacent to an activating group) is 1. The van der Waals surface area contributed by atoms with Gasteiger partial charge in [-0.2, -0.15) is 0 Å². The normalized spacial score (nSPS) is 16.4. The molecule has 30 heavy (non-hydrogen) atoms. The Labute approximate surface area is 177 Å². The van der Waals surface area contributed by atoms with Gasteiger partial charge in [0.05, 0.1) is 13.2 Å². The highest BCUT2D eigenvalue weighted by atomic mass is 19.1. The smallest absolute Gasteiger partial charge is 0.129 e. The minimum atomic E-state index is -0.295. The molecular formula is C25H28FN3O. The number of hydrogen-bond donors (Lipinski definition) is 0. The molecule has 1 atom stereocenters. The lowest BCUT2D eigenvalue weighted by molar-refractivity contribution is 0.113. The Bertz CT molecular complexity index is 954. The highest BCUT2D eigenvalue weighted by Gasteiger charge is 2.26. The fourth-order valence-corrected chi connectivity index (χ4v) is 4.25. The molecule has 1 aliphatic heterocycles. The van der Waals surface area contributed by atoms with Crippen molar-refractivity contribution in [2.45, 2.75) is 13.0 Å². The molecule has 0 radical (unpaired) electrons. The summed E-state index contributed by atoms with van der Waals surface area (Å²) in [5.74, 6) is 0.250. The molecule has 4 nitrogen and oxygen atoms in total. The van der Waals surface area contributed by atoms with E-state index in [2.05, 4.69) is 58.1 Å². The summed E-state index contributed by atoms with van der Waals surface area (Å²) in [5, 5.41) is 0. The Morgan fingerprint density at radius 2 is 1.60 bits per heavy atom. The van der Waals surface area contributed by atoms with Crippen molar-refractivity contribution in [2.24, 2.45) is 0 Å². The lowest BCUT2D eigenvalue weighted by atomic mass is 9.94. The second-order valence-electron chi connectivity index (χ2n) is 7.62. The Morgan fingerprint density at radius 1 is 0.933 bits per heavy atom. The predicted molar refractivity (Wildman–Crippen MR) is 118 cm³/mol. The maximum absolute atomic E-state index is 13.6. The zero-order valence-electron chi connectivity index (χ0n) is 17.6. The average Bonchev–Trinajstić information content (AvgIpc) is 2.81. The molecule has 0 amide bonds. The van der Waals surface area contributed by atoms with Crippen LogP contribution in [0.5, 0.6) is 5.75 Å². The van der Waals surface area contributed by atoms with Crippen LogP contribution in [0.1, 0.15) is 24.1 Å². The molecule has 1 aliphatic rings. The molecule has 3 aromatic rings. The van der Waals surface area contributed by atoms with Crippen LogP contribution in [-0.2, 0) is 0 Å². The van der Waals surface area contributed by atoms with Gasteiger partial charge in [0.1, 0.15) is 11.6 Å². The van der Waals surface area contributed by atoms with Crippen LogP contribution in [0.25, 0.3) is 11.1 Å². The van der Waals surface area contributed by atoms with Gasteiger partial charge < -0.3 is 9.64 Å². The molecule has 2 heterocycles. The number of ether oxygens (including phenoxy) is 1. The fourth-order valence-electron chi connectivity index (χ4n) is 4.25. The van der Waals surface area contributed by atoms with Crippen molar-refractivity contribution < 1.29 is 9.13 Å². The van der Waals surface area contributed by atoms with E-state index in [0.717, 1.165) is 43.9 Å². The zero-order chi connectivity index (χ0) is 20.9. The summed E-state index contributed by atoms with van der Waals surface area (Å²) in [6.45, 7) is 7.56. The molecule has 1 saturated heterocycles. The highest BCUT2D eigenvalue weighted by molar-refractivity contribution is 5.70. The monoisotopic (exact) mass is 405 g/mol. The van der Waals surface area contributed by atoms with Gasteiger partial charge in [-0.15, -0.1) is 0 Å². The zero-order valence-corrected chi connectivity index (χ0v) is 17.6. The first-order valence-corrected chi connectivity index (χ1v) is 10.5. The van der Waals surface area contributed by atoms with Crippen molar-refractivity contribution >= 4 is 0 Å². The SMILES string of the molecule is CCN1CCN([C@@H](c2ccncc2)c2ccc(-c3ccc(F)cc3OC)cc2)CC1. The molecule has 0 unspecified atom stereocenters. The Balaban J connectivity index is 1.65. The van der Waals surface area contributed by atoms with Gasteiger partial charge in [-0.25, -0.2) is 4.39 Å². The number of hydrogen-bond acceptors (Lipinski definition) is 4. The van der Waals surface area contributed by atoms with Crippen LogP contribution in [0, 0.1) is 5.82 Å². The fraction of sp³-hybridized carbons (Fsp3) is 0.320. The summed E-state index contributed by atoms with van der Waals surface area (Å²) in [6, 6.07) is 17.6. The molecule has 4 rings (SSSR count). The predicted octanol–water partition coefficient (Wildman–Crippen LogP) is 4.62. The van der Waals surface area contributed by atoms with Crippen molar-refractivity contribution in [1.82, 2.24) is 14.8 Å². The minimum Gasteiger partial charge on any atom is -0.496 e. The molecule has 0 saturated carbocycles.